The van der Waals surface area contributed by atoms with Crippen molar-refractivity contribution in [2.24, 2.45) is 0 Å². The van der Waals surface area contributed by atoms with Crippen LogP contribution in [0.15, 0.2) is 42.5 Å². The fraction of sp³-hybridized carbons (Fsp3) is 0.423. The van der Waals surface area contributed by atoms with Crippen LogP contribution in [0.2, 0.25) is 5.02 Å². The number of carbonyl (C=O) groups is 1. The Hall–Kier alpha value is -2.48. The third-order valence-corrected chi connectivity index (χ3v) is 6.41. The minimum atomic E-state index is 0.0548. The number of piperidine rings is 2. The molecule has 31 heavy (non-hydrogen) atoms. The van der Waals surface area contributed by atoms with Crippen molar-refractivity contribution in [1.29, 1.82) is 0 Å². The van der Waals surface area contributed by atoms with Crippen LogP contribution in [0.4, 0.5) is 0 Å². The Bertz CT molecular complexity index is 937. The second-order valence-corrected chi connectivity index (χ2v) is 8.86. The molecule has 0 aliphatic carbocycles. The van der Waals surface area contributed by atoms with Crippen molar-refractivity contribution < 1.29 is 9.53 Å². The monoisotopic (exact) mass is 436 g/mol. The molecule has 0 N–H and O–H groups in total. The molecule has 0 atom stereocenters. The van der Waals surface area contributed by atoms with Gasteiger partial charge in [-0.3, -0.25) is 9.69 Å². The van der Waals surface area contributed by atoms with Crippen LogP contribution in [0.3, 0.4) is 0 Å². The first kappa shape index (κ1) is 21.7. The van der Waals surface area contributed by atoms with Crippen molar-refractivity contribution in [3.8, 4) is 18.1 Å². The number of nitrogens with zero attached hydrogens (tertiary/aromatic N) is 2. The van der Waals surface area contributed by atoms with Gasteiger partial charge in [0.05, 0.1) is 5.56 Å². The zero-order valence-corrected chi connectivity index (χ0v) is 18.6. The molecule has 0 unspecified atom stereocenters. The lowest BCUT2D eigenvalue weighted by atomic mass is 10.1. The summed E-state index contributed by atoms with van der Waals surface area (Å²) in [7, 11) is 0. The summed E-state index contributed by atoms with van der Waals surface area (Å²) in [6.45, 7) is 4.46. The van der Waals surface area contributed by atoms with E-state index >= 15 is 0 Å². The number of rotatable bonds is 5. The first-order chi connectivity index (χ1) is 15.1. The molecule has 1 amide bonds. The molecular weight excluding hydrogens is 408 g/mol. The van der Waals surface area contributed by atoms with Gasteiger partial charge in [0.25, 0.3) is 5.91 Å². The van der Waals surface area contributed by atoms with Gasteiger partial charge in [-0.2, -0.15) is 0 Å². The summed E-state index contributed by atoms with van der Waals surface area (Å²) in [4.78, 5) is 17.4. The largest absolute Gasteiger partial charge is 0.489 e. The average molecular weight is 437 g/mol. The summed E-state index contributed by atoms with van der Waals surface area (Å²) in [5.74, 6) is 3.33. The summed E-state index contributed by atoms with van der Waals surface area (Å²) in [6, 6.07) is 13.6. The van der Waals surface area contributed by atoms with Gasteiger partial charge in [-0.15, -0.1) is 6.42 Å². The number of hydrogen-bond acceptors (Lipinski definition) is 3. The summed E-state index contributed by atoms with van der Waals surface area (Å²) < 4.78 is 6.33. The van der Waals surface area contributed by atoms with Crippen LogP contribution in [0.5, 0.6) is 5.75 Å². The molecule has 2 saturated heterocycles. The number of halogens is 1. The second-order valence-electron chi connectivity index (χ2n) is 8.43. The lowest BCUT2D eigenvalue weighted by Gasteiger charge is -2.33. The van der Waals surface area contributed by atoms with E-state index in [4.69, 9.17) is 22.8 Å². The van der Waals surface area contributed by atoms with Crippen LogP contribution in [0, 0.1) is 12.3 Å². The predicted octanol–water partition coefficient (Wildman–Crippen LogP) is 4.99. The quantitative estimate of drug-likeness (QED) is 0.619. The molecule has 4 nitrogen and oxygen atoms in total. The molecular formula is C26H29ClN2O2. The number of ether oxygens (including phenoxy) is 1. The van der Waals surface area contributed by atoms with Crippen LogP contribution in [0.1, 0.15) is 53.6 Å². The molecule has 2 aromatic carbocycles. The molecule has 2 aliphatic rings. The standard InChI is InChI=1S/C26H29ClN2O2/c1-2-20-6-8-21(9-7-20)19-28-16-12-23(13-17-28)31-25-18-22(27)10-11-24(25)26(30)29-14-4-3-5-15-29/h1,6-11,18,23H,3-5,12-17,19H2. The summed E-state index contributed by atoms with van der Waals surface area (Å²) >= 11 is 6.23. The van der Waals surface area contributed by atoms with Crippen molar-refractivity contribution in [1.82, 2.24) is 9.80 Å². The van der Waals surface area contributed by atoms with Gasteiger partial charge >= 0.3 is 0 Å². The maximum absolute atomic E-state index is 13.1. The first-order valence-corrected chi connectivity index (χ1v) is 11.5. The van der Waals surface area contributed by atoms with Gasteiger partial charge in [0.2, 0.25) is 0 Å². The number of terminal acetylenes is 1. The molecule has 0 spiro atoms. The number of amides is 1. The highest BCUT2D eigenvalue weighted by Gasteiger charge is 2.25. The van der Waals surface area contributed by atoms with Gasteiger partial charge in [0, 0.05) is 43.3 Å². The number of carbonyl (C=O) groups excluding carboxylic acids is 1. The van der Waals surface area contributed by atoms with Gasteiger partial charge in [-0.1, -0.05) is 29.7 Å². The van der Waals surface area contributed by atoms with E-state index in [0.29, 0.717) is 16.3 Å². The van der Waals surface area contributed by atoms with Gasteiger partial charge < -0.3 is 9.64 Å². The molecule has 0 bridgehead atoms. The summed E-state index contributed by atoms with van der Waals surface area (Å²) in [6.07, 6.45) is 10.7. The lowest BCUT2D eigenvalue weighted by Crippen LogP contribution is -2.38. The third kappa shape index (κ3) is 5.61. The smallest absolute Gasteiger partial charge is 0.257 e. The highest BCUT2D eigenvalue weighted by molar-refractivity contribution is 6.30. The Morgan fingerprint density at radius 2 is 1.74 bits per heavy atom. The highest BCUT2D eigenvalue weighted by Crippen LogP contribution is 2.29. The van der Waals surface area contributed by atoms with Gasteiger partial charge in [-0.25, -0.2) is 0 Å². The Kier molecular flexibility index (Phi) is 7.17. The van der Waals surface area contributed by atoms with E-state index in [0.717, 1.165) is 64.0 Å². The lowest BCUT2D eigenvalue weighted by molar-refractivity contribution is 0.0702. The van der Waals surface area contributed by atoms with E-state index in [1.807, 2.05) is 23.1 Å². The molecule has 162 valence electrons. The van der Waals surface area contributed by atoms with E-state index in [1.54, 1.807) is 12.1 Å². The predicted molar refractivity (Wildman–Crippen MR) is 125 cm³/mol. The Labute approximate surface area is 190 Å². The summed E-state index contributed by atoms with van der Waals surface area (Å²) in [5.41, 5.74) is 2.80. The van der Waals surface area contributed by atoms with Crippen LogP contribution in [-0.2, 0) is 6.54 Å². The SMILES string of the molecule is C#Cc1ccc(CN2CCC(Oc3cc(Cl)ccc3C(=O)N3CCCCC3)CC2)cc1. The van der Waals surface area contributed by atoms with Crippen LogP contribution >= 0.6 is 11.6 Å². The van der Waals surface area contributed by atoms with E-state index in [2.05, 4.69) is 23.0 Å². The molecule has 0 aromatic heterocycles. The van der Waals surface area contributed by atoms with Crippen molar-refractivity contribution in [2.75, 3.05) is 26.2 Å². The molecule has 2 fully saturated rings. The van der Waals surface area contributed by atoms with Gasteiger partial charge in [-0.05, 0) is 68.0 Å². The zero-order chi connectivity index (χ0) is 21.6. The molecule has 2 heterocycles. The molecule has 0 radical (unpaired) electrons. The molecule has 2 aromatic rings. The zero-order valence-electron chi connectivity index (χ0n) is 17.9. The van der Waals surface area contributed by atoms with Gasteiger partial charge in [0.15, 0.2) is 0 Å². The maximum atomic E-state index is 13.1. The minimum absolute atomic E-state index is 0.0548. The summed E-state index contributed by atoms with van der Waals surface area (Å²) in [5, 5.41) is 0.595. The fourth-order valence-electron chi connectivity index (χ4n) is 4.37. The van der Waals surface area contributed by atoms with Crippen molar-refractivity contribution in [2.45, 2.75) is 44.8 Å². The minimum Gasteiger partial charge on any atom is -0.489 e. The van der Waals surface area contributed by atoms with E-state index in [9.17, 15) is 4.79 Å². The molecule has 4 rings (SSSR count). The van der Waals surface area contributed by atoms with Crippen molar-refractivity contribution in [3.63, 3.8) is 0 Å². The van der Waals surface area contributed by atoms with Crippen LogP contribution in [-0.4, -0.2) is 48.0 Å². The fourth-order valence-corrected chi connectivity index (χ4v) is 4.53. The number of hydrogen-bond donors (Lipinski definition) is 0. The van der Waals surface area contributed by atoms with Crippen LogP contribution in [0.25, 0.3) is 0 Å². The molecule has 5 heteroatoms. The Morgan fingerprint density at radius 1 is 1.03 bits per heavy atom. The topological polar surface area (TPSA) is 32.8 Å². The van der Waals surface area contributed by atoms with Crippen molar-refractivity contribution >= 4 is 17.5 Å². The number of likely N-dealkylation sites (tertiary alicyclic amines) is 2. The normalized spacial score (nSPS) is 17.9. The Balaban J connectivity index is 1.36. The maximum Gasteiger partial charge on any atom is 0.257 e. The second kappa shape index (κ2) is 10.2. The highest BCUT2D eigenvalue weighted by atomic mass is 35.5. The van der Waals surface area contributed by atoms with Crippen LogP contribution < -0.4 is 4.74 Å². The average Bonchev–Trinajstić information content (AvgIpc) is 2.81. The molecule has 2 aliphatic heterocycles. The first-order valence-electron chi connectivity index (χ1n) is 11.2. The third-order valence-electron chi connectivity index (χ3n) is 6.17. The Morgan fingerprint density at radius 3 is 2.42 bits per heavy atom. The van der Waals surface area contributed by atoms with E-state index < -0.39 is 0 Å². The van der Waals surface area contributed by atoms with E-state index in [1.165, 1.54) is 12.0 Å². The van der Waals surface area contributed by atoms with Crippen molar-refractivity contribution in [3.05, 3.63) is 64.2 Å². The van der Waals surface area contributed by atoms with E-state index in [-0.39, 0.29) is 12.0 Å². The molecule has 0 saturated carbocycles. The number of benzene rings is 2. The van der Waals surface area contributed by atoms with Gasteiger partial charge in [0.1, 0.15) is 11.9 Å².